The third-order valence-electron chi connectivity index (χ3n) is 4.70. The average Bonchev–Trinajstić information content (AvgIpc) is 2.69. The second kappa shape index (κ2) is 9.23. The lowest BCUT2D eigenvalue weighted by Crippen LogP contribution is -2.49. The first kappa shape index (κ1) is 17.5. The van der Waals surface area contributed by atoms with E-state index in [9.17, 15) is 4.79 Å². The van der Waals surface area contributed by atoms with Gasteiger partial charge in [0.15, 0.2) is 0 Å². The topological polar surface area (TPSA) is 35.6 Å². The van der Waals surface area contributed by atoms with Crippen LogP contribution in [0.3, 0.4) is 0 Å². The molecule has 0 aliphatic carbocycles. The molecule has 4 nitrogen and oxygen atoms in total. The highest BCUT2D eigenvalue weighted by molar-refractivity contribution is 5.76. The summed E-state index contributed by atoms with van der Waals surface area (Å²) in [4.78, 5) is 16.7. The Bertz CT molecular complexity index is 637. The van der Waals surface area contributed by atoms with E-state index < -0.39 is 0 Å². The Hall–Kier alpha value is -2.33. The Balaban J connectivity index is 1.31. The Morgan fingerprint density at radius 3 is 2.16 bits per heavy atom. The maximum atomic E-state index is 12.3. The van der Waals surface area contributed by atoms with Crippen molar-refractivity contribution in [2.45, 2.75) is 12.8 Å². The van der Waals surface area contributed by atoms with Gasteiger partial charge in [-0.25, -0.2) is 0 Å². The van der Waals surface area contributed by atoms with Crippen LogP contribution < -0.4 is 10.2 Å². The van der Waals surface area contributed by atoms with E-state index in [0.29, 0.717) is 6.42 Å². The van der Waals surface area contributed by atoms with E-state index >= 15 is 0 Å². The number of hydrogen-bond donors (Lipinski definition) is 1. The number of carbonyl (C=O) groups is 1. The number of rotatable bonds is 7. The molecule has 0 bridgehead atoms. The molecule has 1 saturated heterocycles. The Morgan fingerprint density at radius 1 is 0.840 bits per heavy atom. The molecular formula is C21H27N3O. The second-order valence-corrected chi connectivity index (χ2v) is 6.44. The summed E-state index contributed by atoms with van der Waals surface area (Å²) in [5.41, 5.74) is 2.58. The molecule has 0 saturated carbocycles. The molecule has 132 valence electrons. The molecule has 4 heteroatoms. The number of carbonyl (C=O) groups excluding carboxylic acids is 1. The highest BCUT2D eigenvalue weighted by Crippen LogP contribution is 2.15. The predicted molar refractivity (Wildman–Crippen MR) is 103 cm³/mol. The van der Waals surface area contributed by atoms with Gasteiger partial charge >= 0.3 is 0 Å². The molecule has 3 rings (SSSR count). The van der Waals surface area contributed by atoms with Crippen molar-refractivity contribution in [3.8, 4) is 0 Å². The molecule has 0 spiro atoms. The van der Waals surface area contributed by atoms with Gasteiger partial charge in [-0.2, -0.15) is 0 Å². The SMILES string of the molecule is O=C(CCNCCc1ccccc1)N1CCN(c2ccccc2)CC1. The number of amides is 1. The summed E-state index contributed by atoms with van der Waals surface area (Å²) in [7, 11) is 0. The van der Waals surface area contributed by atoms with Crippen LogP contribution in [0.2, 0.25) is 0 Å². The van der Waals surface area contributed by atoms with Crippen LogP contribution in [0.4, 0.5) is 5.69 Å². The van der Waals surface area contributed by atoms with Crippen LogP contribution in [0.1, 0.15) is 12.0 Å². The van der Waals surface area contributed by atoms with Crippen molar-refractivity contribution in [1.29, 1.82) is 0 Å². The summed E-state index contributed by atoms with van der Waals surface area (Å²) in [5, 5.41) is 3.38. The van der Waals surface area contributed by atoms with E-state index in [-0.39, 0.29) is 5.91 Å². The minimum Gasteiger partial charge on any atom is -0.368 e. The molecule has 2 aromatic carbocycles. The number of benzene rings is 2. The number of nitrogens with zero attached hydrogens (tertiary/aromatic N) is 2. The highest BCUT2D eigenvalue weighted by atomic mass is 16.2. The summed E-state index contributed by atoms with van der Waals surface area (Å²) < 4.78 is 0. The van der Waals surface area contributed by atoms with Crippen LogP contribution in [0.25, 0.3) is 0 Å². The quantitative estimate of drug-likeness (QED) is 0.789. The molecular weight excluding hydrogens is 310 g/mol. The molecule has 1 aliphatic heterocycles. The van der Waals surface area contributed by atoms with E-state index in [1.807, 2.05) is 17.0 Å². The molecule has 1 N–H and O–H groups in total. The first-order chi connectivity index (χ1) is 12.3. The van der Waals surface area contributed by atoms with Crippen molar-refractivity contribution in [2.24, 2.45) is 0 Å². The van der Waals surface area contributed by atoms with Crippen molar-refractivity contribution in [1.82, 2.24) is 10.2 Å². The third-order valence-corrected chi connectivity index (χ3v) is 4.70. The standard InChI is InChI=1S/C21H27N3O/c25-21(12-14-22-13-11-19-7-3-1-4-8-19)24-17-15-23(16-18-24)20-9-5-2-6-10-20/h1-10,22H,11-18H2. The van der Waals surface area contributed by atoms with E-state index in [0.717, 1.165) is 45.7 Å². The zero-order valence-corrected chi connectivity index (χ0v) is 14.7. The molecule has 0 radical (unpaired) electrons. The minimum absolute atomic E-state index is 0.264. The zero-order valence-electron chi connectivity index (χ0n) is 14.7. The summed E-state index contributed by atoms with van der Waals surface area (Å²) in [6.45, 7) is 5.13. The summed E-state index contributed by atoms with van der Waals surface area (Å²) in [6, 6.07) is 20.9. The van der Waals surface area contributed by atoms with Gasteiger partial charge in [0.1, 0.15) is 0 Å². The van der Waals surface area contributed by atoms with Crippen molar-refractivity contribution < 1.29 is 4.79 Å². The minimum atomic E-state index is 0.264. The lowest BCUT2D eigenvalue weighted by molar-refractivity contribution is -0.131. The molecule has 2 aromatic rings. The molecule has 0 unspecified atom stereocenters. The number of hydrogen-bond acceptors (Lipinski definition) is 3. The number of piperazine rings is 1. The van der Waals surface area contributed by atoms with Gasteiger partial charge in [0.25, 0.3) is 0 Å². The normalized spacial score (nSPS) is 14.6. The lowest BCUT2D eigenvalue weighted by Gasteiger charge is -2.36. The molecule has 1 amide bonds. The Labute approximate surface area is 150 Å². The van der Waals surface area contributed by atoms with Gasteiger partial charge in [0, 0.05) is 44.8 Å². The van der Waals surface area contributed by atoms with Gasteiger partial charge in [0.2, 0.25) is 5.91 Å². The van der Waals surface area contributed by atoms with Gasteiger partial charge in [-0.1, -0.05) is 48.5 Å². The van der Waals surface area contributed by atoms with Crippen molar-refractivity contribution in [3.05, 3.63) is 66.2 Å². The van der Waals surface area contributed by atoms with E-state index in [2.05, 4.69) is 58.7 Å². The van der Waals surface area contributed by atoms with Crippen molar-refractivity contribution in [2.75, 3.05) is 44.2 Å². The van der Waals surface area contributed by atoms with Gasteiger partial charge in [-0.3, -0.25) is 4.79 Å². The van der Waals surface area contributed by atoms with E-state index in [1.54, 1.807) is 0 Å². The zero-order chi connectivity index (χ0) is 17.3. The van der Waals surface area contributed by atoms with Crippen molar-refractivity contribution >= 4 is 11.6 Å². The molecule has 1 fully saturated rings. The van der Waals surface area contributed by atoms with Crippen LogP contribution in [-0.4, -0.2) is 50.1 Å². The number of anilines is 1. The largest absolute Gasteiger partial charge is 0.368 e. The van der Waals surface area contributed by atoms with E-state index in [4.69, 9.17) is 0 Å². The molecule has 1 aliphatic rings. The van der Waals surface area contributed by atoms with Crippen LogP contribution in [0, 0.1) is 0 Å². The van der Waals surface area contributed by atoms with Crippen LogP contribution in [0.15, 0.2) is 60.7 Å². The number of nitrogens with one attached hydrogen (secondary N) is 1. The fraction of sp³-hybridized carbons (Fsp3) is 0.381. The maximum Gasteiger partial charge on any atom is 0.223 e. The monoisotopic (exact) mass is 337 g/mol. The van der Waals surface area contributed by atoms with Crippen molar-refractivity contribution in [3.63, 3.8) is 0 Å². The Morgan fingerprint density at radius 2 is 1.48 bits per heavy atom. The van der Waals surface area contributed by atoms with E-state index in [1.165, 1.54) is 11.3 Å². The fourth-order valence-corrected chi connectivity index (χ4v) is 3.21. The average molecular weight is 337 g/mol. The summed E-state index contributed by atoms with van der Waals surface area (Å²) in [6.07, 6.45) is 1.59. The Kier molecular flexibility index (Phi) is 6.46. The predicted octanol–water partition coefficient (Wildman–Crippen LogP) is 2.56. The number of para-hydroxylation sites is 1. The second-order valence-electron chi connectivity index (χ2n) is 6.44. The lowest BCUT2D eigenvalue weighted by atomic mass is 10.1. The van der Waals surface area contributed by atoms with Gasteiger partial charge < -0.3 is 15.1 Å². The third kappa shape index (κ3) is 5.33. The summed E-state index contributed by atoms with van der Waals surface area (Å²) in [5.74, 6) is 0.264. The molecule has 0 aromatic heterocycles. The maximum absolute atomic E-state index is 12.3. The first-order valence-electron chi connectivity index (χ1n) is 9.15. The molecule has 0 atom stereocenters. The summed E-state index contributed by atoms with van der Waals surface area (Å²) >= 11 is 0. The molecule has 25 heavy (non-hydrogen) atoms. The fourth-order valence-electron chi connectivity index (χ4n) is 3.21. The van der Waals surface area contributed by atoms with Crippen LogP contribution in [-0.2, 0) is 11.2 Å². The smallest absolute Gasteiger partial charge is 0.223 e. The van der Waals surface area contributed by atoms with Crippen LogP contribution in [0.5, 0.6) is 0 Å². The highest BCUT2D eigenvalue weighted by Gasteiger charge is 2.20. The van der Waals surface area contributed by atoms with Gasteiger partial charge in [-0.05, 0) is 30.7 Å². The van der Waals surface area contributed by atoms with Gasteiger partial charge in [-0.15, -0.1) is 0 Å². The van der Waals surface area contributed by atoms with Gasteiger partial charge in [0.05, 0.1) is 0 Å². The molecule has 1 heterocycles. The van der Waals surface area contributed by atoms with Crippen LogP contribution >= 0.6 is 0 Å². The first-order valence-corrected chi connectivity index (χ1v) is 9.15.